The van der Waals surface area contributed by atoms with Crippen LogP contribution >= 0.6 is 0 Å². The van der Waals surface area contributed by atoms with E-state index < -0.39 is 0 Å². The Morgan fingerprint density at radius 3 is 2.55 bits per heavy atom. The van der Waals surface area contributed by atoms with Crippen LogP contribution in [-0.4, -0.2) is 12.8 Å². The summed E-state index contributed by atoms with van der Waals surface area (Å²) in [5.74, 6) is 0. The number of carbonyl (C=O) groups excluding carboxylic acids is 1. The maximum atomic E-state index is 10.8. The highest BCUT2D eigenvalue weighted by Crippen LogP contribution is 2.22. The molecule has 100 valence electrons. The minimum atomic E-state index is 0.529. The van der Waals surface area contributed by atoms with Crippen molar-refractivity contribution in [1.29, 1.82) is 5.26 Å². The molecule has 0 aliphatic carbocycles. The van der Waals surface area contributed by atoms with Crippen LogP contribution in [0.5, 0.6) is 0 Å². The summed E-state index contributed by atoms with van der Waals surface area (Å²) in [4.78, 5) is 12.9. The van der Waals surface area contributed by atoms with Gasteiger partial charge in [0, 0.05) is 18.7 Å². The molecule has 0 aliphatic heterocycles. The summed E-state index contributed by atoms with van der Waals surface area (Å²) in [6.07, 6.45) is 0.762. The highest BCUT2D eigenvalue weighted by atomic mass is 16.1. The van der Waals surface area contributed by atoms with Gasteiger partial charge in [0.25, 0.3) is 0 Å². The van der Waals surface area contributed by atoms with E-state index in [1.807, 2.05) is 24.3 Å². The Hall–Kier alpha value is -2.60. The summed E-state index contributed by atoms with van der Waals surface area (Å²) < 4.78 is 0. The second-order valence-electron chi connectivity index (χ2n) is 4.51. The number of hydrogen-bond acceptors (Lipinski definition) is 3. The molecule has 0 aliphatic rings. The van der Waals surface area contributed by atoms with Crippen LogP contribution in [0.1, 0.15) is 28.4 Å². The molecule has 0 aromatic heterocycles. The first-order valence-corrected chi connectivity index (χ1v) is 6.56. The van der Waals surface area contributed by atoms with Crippen LogP contribution in [0.15, 0.2) is 48.5 Å². The molecule has 0 unspecified atom stereocenters. The number of nitrogens with zero attached hydrogens (tertiary/aromatic N) is 2. The molecule has 0 N–H and O–H groups in total. The lowest BCUT2D eigenvalue weighted by Crippen LogP contribution is -2.23. The van der Waals surface area contributed by atoms with Crippen molar-refractivity contribution >= 4 is 12.0 Å². The first-order valence-electron chi connectivity index (χ1n) is 6.56. The summed E-state index contributed by atoms with van der Waals surface area (Å²) in [6, 6.07) is 17.5. The van der Waals surface area contributed by atoms with Crippen LogP contribution in [-0.2, 0) is 6.54 Å². The molecule has 2 aromatic carbocycles. The molecule has 0 heterocycles. The molecule has 20 heavy (non-hydrogen) atoms. The summed E-state index contributed by atoms with van der Waals surface area (Å²) in [5.41, 5.74) is 3.12. The smallest absolute Gasteiger partial charge is 0.150 e. The van der Waals surface area contributed by atoms with Crippen molar-refractivity contribution in [3.05, 3.63) is 65.2 Å². The van der Waals surface area contributed by atoms with E-state index in [1.165, 1.54) is 5.56 Å². The summed E-state index contributed by atoms with van der Waals surface area (Å²) in [7, 11) is 0. The fourth-order valence-corrected chi connectivity index (χ4v) is 2.16. The Morgan fingerprint density at radius 1 is 1.20 bits per heavy atom. The first-order chi connectivity index (χ1) is 9.78. The maximum absolute atomic E-state index is 10.8. The zero-order valence-corrected chi connectivity index (χ0v) is 11.4. The van der Waals surface area contributed by atoms with Crippen molar-refractivity contribution in [3.63, 3.8) is 0 Å². The van der Waals surface area contributed by atoms with Gasteiger partial charge in [-0.2, -0.15) is 5.26 Å². The number of carbonyl (C=O) groups is 1. The summed E-state index contributed by atoms with van der Waals surface area (Å²) in [5, 5.41) is 9.26. The predicted molar refractivity (Wildman–Crippen MR) is 79.7 cm³/mol. The van der Waals surface area contributed by atoms with E-state index in [1.54, 1.807) is 12.1 Å². The maximum Gasteiger partial charge on any atom is 0.150 e. The number of anilines is 1. The molecule has 3 heteroatoms. The Morgan fingerprint density at radius 2 is 1.95 bits per heavy atom. The number of aldehydes is 1. The van der Waals surface area contributed by atoms with Gasteiger partial charge in [-0.15, -0.1) is 0 Å². The molecular formula is C17H16N2O. The number of nitriles is 1. The van der Waals surface area contributed by atoms with Crippen LogP contribution in [0.3, 0.4) is 0 Å². The van der Waals surface area contributed by atoms with Gasteiger partial charge in [-0.05, 0) is 30.7 Å². The SMILES string of the molecule is CCN(Cc1ccccc1)c1ccc(C=O)cc1C#N. The average Bonchev–Trinajstić information content (AvgIpc) is 2.53. The van der Waals surface area contributed by atoms with Crippen LogP contribution < -0.4 is 4.90 Å². The van der Waals surface area contributed by atoms with Gasteiger partial charge in [0.2, 0.25) is 0 Å². The van der Waals surface area contributed by atoms with E-state index in [-0.39, 0.29) is 0 Å². The van der Waals surface area contributed by atoms with E-state index in [2.05, 4.69) is 30.0 Å². The zero-order chi connectivity index (χ0) is 14.4. The number of benzene rings is 2. The van der Waals surface area contributed by atoms with Crippen molar-refractivity contribution in [2.24, 2.45) is 0 Å². The third-order valence-electron chi connectivity index (χ3n) is 3.22. The van der Waals surface area contributed by atoms with Gasteiger partial charge in [0.15, 0.2) is 0 Å². The topological polar surface area (TPSA) is 44.1 Å². The van der Waals surface area contributed by atoms with E-state index in [4.69, 9.17) is 0 Å². The van der Waals surface area contributed by atoms with E-state index in [0.29, 0.717) is 11.1 Å². The standard InChI is InChI=1S/C17H16N2O/c1-2-19(12-14-6-4-3-5-7-14)17-9-8-15(13-20)10-16(17)11-18/h3-10,13H,2,12H2,1H3. The molecule has 2 aromatic rings. The van der Waals surface area contributed by atoms with Crippen LogP contribution in [0.4, 0.5) is 5.69 Å². The van der Waals surface area contributed by atoms with Gasteiger partial charge in [0.05, 0.1) is 11.3 Å². The van der Waals surface area contributed by atoms with Crippen molar-refractivity contribution in [3.8, 4) is 6.07 Å². The molecular weight excluding hydrogens is 248 g/mol. The molecule has 0 bridgehead atoms. The van der Waals surface area contributed by atoms with Crippen molar-refractivity contribution in [2.75, 3.05) is 11.4 Å². The molecule has 2 rings (SSSR count). The van der Waals surface area contributed by atoms with Crippen molar-refractivity contribution in [1.82, 2.24) is 0 Å². The second kappa shape index (κ2) is 6.53. The number of rotatable bonds is 5. The molecule has 0 radical (unpaired) electrons. The Balaban J connectivity index is 2.32. The van der Waals surface area contributed by atoms with Crippen LogP contribution in [0, 0.1) is 11.3 Å². The Kier molecular flexibility index (Phi) is 4.52. The van der Waals surface area contributed by atoms with Gasteiger partial charge >= 0.3 is 0 Å². The fourth-order valence-electron chi connectivity index (χ4n) is 2.16. The third kappa shape index (κ3) is 3.04. The van der Waals surface area contributed by atoms with Crippen LogP contribution in [0.25, 0.3) is 0 Å². The summed E-state index contributed by atoms with van der Waals surface area (Å²) >= 11 is 0. The zero-order valence-electron chi connectivity index (χ0n) is 11.4. The van der Waals surface area contributed by atoms with Crippen LogP contribution in [0.2, 0.25) is 0 Å². The summed E-state index contributed by atoms with van der Waals surface area (Å²) in [6.45, 7) is 3.59. The van der Waals surface area contributed by atoms with E-state index in [0.717, 1.165) is 25.1 Å². The van der Waals surface area contributed by atoms with Gasteiger partial charge in [-0.3, -0.25) is 4.79 Å². The third-order valence-corrected chi connectivity index (χ3v) is 3.22. The minimum absolute atomic E-state index is 0.529. The van der Waals surface area contributed by atoms with Crippen molar-refractivity contribution in [2.45, 2.75) is 13.5 Å². The Bertz CT molecular complexity index is 629. The molecule has 0 saturated heterocycles. The monoisotopic (exact) mass is 264 g/mol. The molecule has 0 amide bonds. The largest absolute Gasteiger partial charge is 0.366 e. The van der Waals surface area contributed by atoms with Gasteiger partial charge in [-0.25, -0.2) is 0 Å². The fraction of sp³-hybridized carbons (Fsp3) is 0.176. The Labute approximate surface area is 119 Å². The van der Waals surface area contributed by atoms with Gasteiger partial charge in [-0.1, -0.05) is 30.3 Å². The lowest BCUT2D eigenvalue weighted by atomic mass is 10.1. The highest BCUT2D eigenvalue weighted by Gasteiger charge is 2.11. The van der Waals surface area contributed by atoms with Gasteiger partial charge < -0.3 is 4.90 Å². The normalized spacial score (nSPS) is 9.80. The molecule has 0 atom stereocenters. The van der Waals surface area contributed by atoms with E-state index >= 15 is 0 Å². The van der Waals surface area contributed by atoms with Gasteiger partial charge in [0.1, 0.15) is 12.4 Å². The first kappa shape index (κ1) is 13.8. The highest BCUT2D eigenvalue weighted by molar-refractivity contribution is 5.78. The average molecular weight is 264 g/mol. The molecule has 0 spiro atoms. The molecule has 0 saturated carbocycles. The lowest BCUT2D eigenvalue weighted by molar-refractivity contribution is 0.112. The quantitative estimate of drug-likeness (QED) is 0.777. The van der Waals surface area contributed by atoms with Crippen molar-refractivity contribution < 1.29 is 4.79 Å². The number of hydrogen-bond donors (Lipinski definition) is 0. The minimum Gasteiger partial charge on any atom is -0.366 e. The molecule has 3 nitrogen and oxygen atoms in total. The second-order valence-corrected chi connectivity index (χ2v) is 4.51. The van der Waals surface area contributed by atoms with E-state index in [9.17, 15) is 10.1 Å². The predicted octanol–water partition coefficient (Wildman–Crippen LogP) is 3.40. The lowest BCUT2D eigenvalue weighted by Gasteiger charge is -2.24. The molecule has 0 fully saturated rings.